The molecule has 2 aromatic carbocycles. The van der Waals surface area contributed by atoms with Gasteiger partial charge >= 0.3 is 5.97 Å². The highest BCUT2D eigenvalue weighted by Crippen LogP contribution is 2.35. The Morgan fingerprint density at radius 3 is 2.33 bits per heavy atom. The molecule has 0 saturated heterocycles. The molecule has 0 aliphatic heterocycles. The third-order valence-corrected chi connectivity index (χ3v) is 3.39. The quantitative estimate of drug-likeness (QED) is 0.823. The molecule has 1 atom stereocenters. The van der Waals surface area contributed by atoms with Crippen molar-refractivity contribution in [1.82, 2.24) is 0 Å². The first-order valence-corrected chi connectivity index (χ1v) is 7.54. The molecule has 0 aliphatic rings. The van der Waals surface area contributed by atoms with Crippen LogP contribution in [-0.4, -0.2) is 24.3 Å². The largest absolute Gasteiger partial charge is 0.493 e. The first-order valence-electron chi connectivity index (χ1n) is 7.54. The highest BCUT2D eigenvalue weighted by molar-refractivity contribution is 5.77. The summed E-state index contributed by atoms with van der Waals surface area (Å²) in [4.78, 5) is 11.3. The van der Waals surface area contributed by atoms with E-state index in [9.17, 15) is 18.7 Å². The van der Waals surface area contributed by atoms with Gasteiger partial charge in [0.25, 0.3) is 0 Å². The number of carboxylic acids is 1. The van der Waals surface area contributed by atoms with Crippen LogP contribution in [0.25, 0.3) is 11.1 Å². The molecule has 24 heavy (non-hydrogen) atoms. The third-order valence-electron chi connectivity index (χ3n) is 3.39. The van der Waals surface area contributed by atoms with Crippen molar-refractivity contribution in [2.24, 2.45) is 0 Å². The fourth-order valence-electron chi connectivity index (χ4n) is 2.36. The lowest BCUT2D eigenvalue weighted by atomic mass is 9.99. The summed E-state index contributed by atoms with van der Waals surface area (Å²) in [5.74, 6) is -2.10. The molecule has 1 unspecified atom stereocenters. The van der Waals surface area contributed by atoms with Gasteiger partial charge in [0, 0.05) is 17.7 Å². The van der Waals surface area contributed by atoms with Crippen molar-refractivity contribution in [1.29, 1.82) is 0 Å². The smallest absolute Gasteiger partial charge is 0.337 e. The number of halogens is 2. The van der Waals surface area contributed by atoms with Gasteiger partial charge in [-0.15, -0.1) is 0 Å². The predicted molar refractivity (Wildman–Crippen MR) is 85.0 cm³/mol. The maximum absolute atomic E-state index is 14.5. The Hall–Kier alpha value is -2.47. The maximum Gasteiger partial charge on any atom is 0.337 e. The van der Waals surface area contributed by atoms with Crippen LogP contribution >= 0.6 is 0 Å². The van der Waals surface area contributed by atoms with E-state index in [0.717, 1.165) is 0 Å². The summed E-state index contributed by atoms with van der Waals surface area (Å²) < 4.78 is 38.2. The monoisotopic (exact) mass is 336 g/mol. The molecule has 6 heteroatoms. The van der Waals surface area contributed by atoms with E-state index in [2.05, 4.69) is 0 Å². The van der Waals surface area contributed by atoms with E-state index >= 15 is 0 Å². The van der Waals surface area contributed by atoms with E-state index in [1.807, 2.05) is 0 Å². The first kappa shape index (κ1) is 17.9. The van der Waals surface area contributed by atoms with Crippen molar-refractivity contribution < 1.29 is 28.2 Å². The zero-order valence-electron chi connectivity index (χ0n) is 13.4. The third kappa shape index (κ3) is 3.89. The second-order valence-electron chi connectivity index (χ2n) is 4.98. The fourth-order valence-corrected chi connectivity index (χ4v) is 2.36. The Labute approximate surface area is 138 Å². The molecule has 0 aromatic heterocycles. The average Bonchev–Trinajstić information content (AvgIpc) is 2.55. The van der Waals surface area contributed by atoms with Crippen LogP contribution in [0.15, 0.2) is 36.4 Å². The number of benzene rings is 2. The SMILES string of the molecule is CCOc1cc(C(OCC)C(=O)O)c(F)cc1-c1ccc(F)cc1. The lowest BCUT2D eigenvalue weighted by Gasteiger charge is -2.17. The van der Waals surface area contributed by atoms with Gasteiger partial charge in [-0.3, -0.25) is 0 Å². The van der Waals surface area contributed by atoms with Crippen molar-refractivity contribution in [2.75, 3.05) is 13.2 Å². The van der Waals surface area contributed by atoms with Crippen LogP contribution in [0.3, 0.4) is 0 Å². The van der Waals surface area contributed by atoms with Gasteiger partial charge in [-0.25, -0.2) is 13.6 Å². The molecule has 0 spiro atoms. The van der Waals surface area contributed by atoms with Gasteiger partial charge in [-0.1, -0.05) is 12.1 Å². The van der Waals surface area contributed by atoms with E-state index in [0.29, 0.717) is 23.5 Å². The lowest BCUT2D eigenvalue weighted by molar-refractivity contribution is -0.150. The highest BCUT2D eigenvalue weighted by atomic mass is 19.1. The number of ether oxygens (including phenoxy) is 2. The van der Waals surface area contributed by atoms with Crippen LogP contribution in [0, 0.1) is 11.6 Å². The van der Waals surface area contributed by atoms with E-state index < -0.39 is 23.7 Å². The molecule has 4 nitrogen and oxygen atoms in total. The topological polar surface area (TPSA) is 55.8 Å². The minimum Gasteiger partial charge on any atom is -0.493 e. The Balaban J connectivity index is 2.56. The summed E-state index contributed by atoms with van der Waals surface area (Å²) in [5, 5.41) is 9.25. The number of hydrogen-bond donors (Lipinski definition) is 1. The predicted octanol–water partition coefficient (Wildman–Crippen LogP) is 4.19. The Morgan fingerprint density at radius 2 is 1.79 bits per heavy atom. The van der Waals surface area contributed by atoms with Crippen LogP contribution in [0.4, 0.5) is 8.78 Å². The van der Waals surface area contributed by atoms with Gasteiger partial charge < -0.3 is 14.6 Å². The highest BCUT2D eigenvalue weighted by Gasteiger charge is 2.26. The van der Waals surface area contributed by atoms with Crippen molar-refractivity contribution in [3.8, 4) is 16.9 Å². The van der Waals surface area contributed by atoms with E-state index in [1.54, 1.807) is 13.8 Å². The summed E-state index contributed by atoms with van der Waals surface area (Å²) in [7, 11) is 0. The number of carbonyl (C=O) groups is 1. The maximum atomic E-state index is 14.5. The minimum atomic E-state index is -1.42. The number of hydrogen-bond acceptors (Lipinski definition) is 3. The Bertz CT molecular complexity index is 714. The zero-order chi connectivity index (χ0) is 17.7. The second kappa shape index (κ2) is 7.88. The van der Waals surface area contributed by atoms with Crippen LogP contribution in [0.1, 0.15) is 25.5 Å². The molecule has 2 rings (SSSR count). The van der Waals surface area contributed by atoms with Crippen LogP contribution in [0.2, 0.25) is 0 Å². The summed E-state index contributed by atoms with van der Waals surface area (Å²) in [6.07, 6.45) is -1.42. The average molecular weight is 336 g/mol. The van der Waals surface area contributed by atoms with Gasteiger partial charge in [0.2, 0.25) is 0 Å². The van der Waals surface area contributed by atoms with E-state index in [1.165, 1.54) is 36.4 Å². The first-order chi connectivity index (χ1) is 11.5. The molecule has 0 bridgehead atoms. The van der Waals surface area contributed by atoms with Gasteiger partial charge in [-0.05, 0) is 43.7 Å². The Morgan fingerprint density at radius 1 is 1.12 bits per heavy atom. The van der Waals surface area contributed by atoms with Gasteiger partial charge in [0.1, 0.15) is 17.4 Å². The second-order valence-corrected chi connectivity index (χ2v) is 4.98. The summed E-state index contributed by atoms with van der Waals surface area (Å²) in [5.41, 5.74) is 0.867. The molecule has 0 radical (unpaired) electrons. The molecular weight excluding hydrogens is 318 g/mol. The van der Waals surface area contributed by atoms with Gasteiger partial charge in [0.05, 0.1) is 6.61 Å². The number of carboxylic acid groups (broad SMARTS) is 1. The van der Waals surface area contributed by atoms with Gasteiger partial charge in [0.15, 0.2) is 6.10 Å². The molecule has 0 aliphatic carbocycles. The Kier molecular flexibility index (Phi) is 5.87. The molecule has 0 heterocycles. The van der Waals surface area contributed by atoms with Gasteiger partial charge in [-0.2, -0.15) is 0 Å². The molecule has 0 saturated carbocycles. The van der Waals surface area contributed by atoms with E-state index in [4.69, 9.17) is 9.47 Å². The van der Waals surface area contributed by atoms with E-state index in [-0.39, 0.29) is 12.2 Å². The fraction of sp³-hybridized carbons (Fsp3) is 0.278. The number of aliphatic carboxylic acids is 1. The molecule has 128 valence electrons. The van der Waals surface area contributed by atoms with Crippen LogP contribution < -0.4 is 4.74 Å². The number of rotatable bonds is 7. The molecule has 1 N–H and O–H groups in total. The van der Waals surface area contributed by atoms with Crippen molar-refractivity contribution in [3.05, 3.63) is 53.6 Å². The lowest BCUT2D eigenvalue weighted by Crippen LogP contribution is -2.17. The molecule has 2 aromatic rings. The minimum absolute atomic E-state index is 0.112. The van der Waals surface area contributed by atoms with Crippen molar-refractivity contribution >= 4 is 5.97 Å². The van der Waals surface area contributed by atoms with Crippen molar-refractivity contribution in [3.63, 3.8) is 0 Å². The molecule has 0 fully saturated rings. The molecule has 0 amide bonds. The standard InChI is InChI=1S/C18H18F2O4/c1-3-23-16-10-14(17(18(21)22)24-4-2)15(20)9-13(16)11-5-7-12(19)8-6-11/h5-10,17H,3-4H2,1-2H3,(H,21,22). The normalized spacial score (nSPS) is 12.0. The summed E-state index contributed by atoms with van der Waals surface area (Å²) in [6, 6.07) is 8.04. The summed E-state index contributed by atoms with van der Waals surface area (Å²) >= 11 is 0. The van der Waals surface area contributed by atoms with Crippen LogP contribution in [0.5, 0.6) is 5.75 Å². The van der Waals surface area contributed by atoms with Crippen molar-refractivity contribution in [2.45, 2.75) is 20.0 Å². The zero-order valence-corrected chi connectivity index (χ0v) is 13.4. The summed E-state index contributed by atoms with van der Waals surface area (Å²) in [6.45, 7) is 3.82. The van der Waals surface area contributed by atoms with Crippen LogP contribution in [-0.2, 0) is 9.53 Å². The molecular formula is C18H18F2O4.